The van der Waals surface area contributed by atoms with Gasteiger partial charge >= 0.3 is 0 Å². The Labute approximate surface area is 109 Å². The summed E-state index contributed by atoms with van der Waals surface area (Å²) in [6, 6.07) is 0. The van der Waals surface area contributed by atoms with E-state index >= 15 is 0 Å². The van der Waals surface area contributed by atoms with Crippen LogP contribution in [-0.2, 0) is 0 Å². The summed E-state index contributed by atoms with van der Waals surface area (Å²) >= 11 is 0. The number of hydrogen-bond donors (Lipinski definition) is 3. The van der Waals surface area contributed by atoms with Crippen molar-refractivity contribution in [3.8, 4) is 0 Å². The zero-order valence-corrected chi connectivity index (χ0v) is 11.4. The minimum Gasteiger partial charge on any atom is -0.392 e. The molecule has 7 unspecified atom stereocenters. The second kappa shape index (κ2) is 3.38. The first kappa shape index (κ1) is 12.6. The maximum atomic E-state index is 10.5. The molecule has 3 N–H and O–H groups in total. The van der Waals surface area contributed by atoms with Gasteiger partial charge in [0, 0.05) is 11.8 Å². The SMILES string of the molecule is C=C1C2C(O)C3C(C(C)(C)O)CCC1(C)C3C2O. The van der Waals surface area contributed by atoms with Gasteiger partial charge in [-0.3, -0.25) is 0 Å². The Kier molecular flexibility index (Phi) is 2.38. The highest BCUT2D eigenvalue weighted by molar-refractivity contribution is 5.34. The monoisotopic (exact) mass is 252 g/mol. The quantitative estimate of drug-likeness (QED) is 0.617. The second-order valence-corrected chi connectivity index (χ2v) is 7.35. The van der Waals surface area contributed by atoms with Crippen LogP contribution >= 0.6 is 0 Å². The molecule has 0 aromatic rings. The van der Waals surface area contributed by atoms with E-state index in [2.05, 4.69) is 13.5 Å². The van der Waals surface area contributed by atoms with Gasteiger partial charge in [-0.1, -0.05) is 19.1 Å². The van der Waals surface area contributed by atoms with Gasteiger partial charge in [0.2, 0.25) is 0 Å². The molecule has 0 amide bonds. The zero-order chi connectivity index (χ0) is 13.5. The summed E-state index contributed by atoms with van der Waals surface area (Å²) in [5.41, 5.74) is 0.187. The van der Waals surface area contributed by atoms with Crippen molar-refractivity contribution in [1.29, 1.82) is 0 Å². The lowest BCUT2D eigenvalue weighted by Crippen LogP contribution is -2.53. The highest BCUT2D eigenvalue weighted by atomic mass is 16.3. The van der Waals surface area contributed by atoms with Gasteiger partial charge in [0.25, 0.3) is 0 Å². The van der Waals surface area contributed by atoms with Crippen molar-refractivity contribution in [1.82, 2.24) is 0 Å². The molecule has 18 heavy (non-hydrogen) atoms. The average Bonchev–Trinajstić information content (AvgIpc) is 2.60. The van der Waals surface area contributed by atoms with E-state index in [9.17, 15) is 15.3 Å². The first-order chi connectivity index (χ1) is 8.19. The molecule has 102 valence electrons. The van der Waals surface area contributed by atoms with E-state index in [1.54, 1.807) is 0 Å². The Morgan fingerprint density at radius 1 is 1.28 bits per heavy atom. The smallest absolute Gasteiger partial charge is 0.0670 e. The zero-order valence-electron chi connectivity index (χ0n) is 11.4. The molecule has 3 rings (SSSR count). The maximum Gasteiger partial charge on any atom is 0.0670 e. The van der Waals surface area contributed by atoms with Crippen LogP contribution in [0.15, 0.2) is 12.2 Å². The summed E-state index contributed by atoms with van der Waals surface area (Å²) in [4.78, 5) is 0. The third kappa shape index (κ3) is 1.25. The summed E-state index contributed by atoms with van der Waals surface area (Å²) in [7, 11) is 0. The third-order valence-corrected chi connectivity index (χ3v) is 6.13. The largest absolute Gasteiger partial charge is 0.392 e. The summed E-state index contributed by atoms with van der Waals surface area (Å²) in [6.07, 6.45) is 0.841. The predicted molar refractivity (Wildman–Crippen MR) is 68.8 cm³/mol. The molecule has 3 saturated carbocycles. The fraction of sp³-hybridized carbons (Fsp3) is 0.867. The Bertz CT molecular complexity index is 397. The van der Waals surface area contributed by atoms with Crippen LogP contribution in [0.3, 0.4) is 0 Å². The van der Waals surface area contributed by atoms with E-state index in [4.69, 9.17) is 0 Å². The van der Waals surface area contributed by atoms with Gasteiger partial charge in [-0.05, 0) is 43.9 Å². The van der Waals surface area contributed by atoms with Gasteiger partial charge < -0.3 is 15.3 Å². The van der Waals surface area contributed by atoms with E-state index in [0.29, 0.717) is 0 Å². The van der Waals surface area contributed by atoms with E-state index in [0.717, 1.165) is 18.4 Å². The van der Waals surface area contributed by atoms with Gasteiger partial charge in [-0.2, -0.15) is 0 Å². The number of fused-ring (bicyclic) bond motifs is 1. The fourth-order valence-electron chi connectivity index (χ4n) is 5.20. The van der Waals surface area contributed by atoms with Crippen molar-refractivity contribution in [3.63, 3.8) is 0 Å². The van der Waals surface area contributed by atoms with Crippen molar-refractivity contribution < 1.29 is 15.3 Å². The van der Waals surface area contributed by atoms with Gasteiger partial charge in [0.1, 0.15) is 0 Å². The van der Waals surface area contributed by atoms with Gasteiger partial charge in [0.05, 0.1) is 17.8 Å². The molecule has 3 aliphatic carbocycles. The maximum absolute atomic E-state index is 10.5. The number of aliphatic hydroxyl groups excluding tert-OH is 2. The molecule has 0 radical (unpaired) electrons. The van der Waals surface area contributed by atoms with Crippen LogP contribution in [0.4, 0.5) is 0 Å². The summed E-state index contributed by atoms with van der Waals surface area (Å²) in [6.45, 7) is 9.94. The molecule has 3 heteroatoms. The Morgan fingerprint density at radius 3 is 2.39 bits per heavy atom. The van der Waals surface area contributed by atoms with Crippen LogP contribution in [0.2, 0.25) is 0 Å². The lowest BCUT2D eigenvalue weighted by molar-refractivity contribution is -0.110. The first-order valence-electron chi connectivity index (χ1n) is 6.97. The number of rotatable bonds is 1. The minimum absolute atomic E-state index is 0.00856. The van der Waals surface area contributed by atoms with Crippen molar-refractivity contribution in [2.45, 2.75) is 51.4 Å². The highest BCUT2D eigenvalue weighted by Gasteiger charge is 2.69. The van der Waals surface area contributed by atoms with Crippen molar-refractivity contribution in [2.24, 2.45) is 29.1 Å². The average molecular weight is 252 g/mol. The highest BCUT2D eigenvalue weighted by Crippen LogP contribution is 2.68. The topological polar surface area (TPSA) is 60.7 Å². The normalized spacial score (nSPS) is 55.1. The van der Waals surface area contributed by atoms with Crippen LogP contribution in [-0.4, -0.2) is 33.1 Å². The number of aliphatic hydroxyl groups is 3. The molecule has 0 aromatic heterocycles. The Balaban J connectivity index is 2.04. The molecule has 3 fully saturated rings. The fourth-order valence-corrected chi connectivity index (χ4v) is 5.20. The van der Waals surface area contributed by atoms with Crippen LogP contribution in [0.5, 0.6) is 0 Å². The molecule has 0 saturated heterocycles. The Hall–Kier alpha value is -0.380. The third-order valence-electron chi connectivity index (χ3n) is 6.13. The predicted octanol–water partition coefficient (Wildman–Crippen LogP) is 1.33. The molecule has 0 heterocycles. The summed E-state index contributed by atoms with van der Waals surface area (Å²) in [5.74, 6) is -0.0436. The minimum atomic E-state index is -0.793. The molecular weight excluding hydrogens is 228 g/mol. The van der Waals surface area contributed by atoms with Gasteiger partial charge in [0.15, 0.2) is 0 Å². The lowest BCUT2D eigenvalue weighted by atomic mass is 9.53. The van der Waals surface area contributed by atoms with Crippen LogP contribution in [0.25, 0.3) is 0 Å². The molecule has 7 atom stereocenters. The van der Waals surface area contributed by atoms with Crippen molar-refractivity contribution in [3.05, 3.63) is 12.2 Å². The van der Waals surface area contributed by atoms with E-state index in [1.165, 1.54) is 0 Å². The lowest BCUT2D eigenvalue weighted by Gasteiger charge is -2.53. The molecule has 3 nitrogen and oxygen atoms in total. The van der Waals surface area contributed by atoms with Crippen molar-refractivity contribution >= 4 is 0 Å². The molecule has 2 bridgehead atoms. The molecule has 0 aliphatic heterocycles. The molecule has 0 spiro atoms. The second-order valence-electron chi connectivity index (χ2n) is 7.35. The van der Waals surface area contributed by atoms with E-state index < -0.39 is 17.8 Å². The number of hydrogen-bond acceptors (Lipinski definition) is 3. The van der Waals surface area contributed by atoms with E-state index in [1.807, 2.05) is 13.8 Å². The van der Waals surface area contributed by atoms with Crippen LogP contribution < -0.4 is 0 Å². The summed E-state index contributed by atoms with van der Waals surface area (Å²) < 4.78 is 0. The molecular formula is C15H24O3. The Morgan fingerprint density at radius 2 is 1.89 bits per heavy atom. The van der Waals surface area contributed by atoms with Gasteiger partial charge in [-0.25, -0.2) is 0 Å². The first-order valence-corrected chi connectivity index (χ1v) is 6.97. The van der Waals surface area contributed by atoms with Crippen molar-refractivity contribution in [2.75, 3.05) is 0 Å². The van der Waals surface area contributed by atoms with Crippen LogP contribution in [0.1, 0.15) is 33.6 Å². The summed E-state index contributed by atoms with van der Waals surface area (Å²) in [5, 5.41) is 31.2. The van der Waals surface area contributed by atoms with Crippen LogP contribution in [0, 0.1) is 29.1 Å². The standard InChI is InChI=1S/C15H24O3/c1-7-9-12(16)10-8(14(2,3)18)5-6-15(7,4)11(10)13(9)17/h8-13,16-18H,1,5-6H2,2-4H3. The van der Waals surface area contributed by atoms with Gasteiger partial charge in [-0.15, -0.1) is 0 Å². The molecule has 3 aliphatic rings. The molecule has 0 aromatic carbocycles. The van der Waals surface area contributed by atoms with E-state index in [-0.39, 0.29) is 29.1 Å².